The van der Waals surface area contributed by atoms with Crippen LogP contribution in [0.1, 0.15) is 26.2 Å². The van der Waals surface area contributed by atoms with E-state index in [1.165, 1.54) is 0 Å². The molecule has 0 aromatic rings. The zero-order valence-corrected chi connectivity index (χ0v) is 13.2. The minimum Gasteiger partial charge on any atom is -0.379 e. The van der Waals surface area contributed by atoms with Gasteiger partial charge in [-0.25, -0.2) is 0 Å². The van der Waals surface area contributed by atoms with Gasteiger partial charge in [-0.05, 0) is 18.8 Å². The lowest BCUT2D eigenvalue weighted by atomic mass is 10.1. The first-order chi connectivity index (χ1) is 9.20. The van der Waals surface area contributed by atoms with Crippen molar-refractivity contribution in [1.29, 1.82) is 0 Å². The van der Waals surface area contributed by atoms with Gasteiger partial charge in [-0.1, -0.05) is 13.3 Å². The number of likely N-dealkylation sites (tertiary alicyclic amines) is 1. The molecule has 2 atom stereocenters. The second kappa shape index (κ2) is 8.82. The van der Waals surface area contributed by atoms with Gasteiger partial charge in [0.1, 0.15) is 0 Å². The molecule has 6 heteroatoms. The van der Waals surface area contributed by atoms with E-state index in [0.29, 0.717) is 5.92 Å². The summed E-state index contributed by atoms with van der Waals surface area (Å²) in [4.78, 5) is 16.6. The third kappa shape index (κ3) is 4.88. The molecule has 2 rings (SSSR count). The number of amides is 1. The van der Waals surface area contributed by atoms with Gasteiger partial charge >= 0.3 is 0 Å². The highest BCUT2D eigenvalue weighted by molar-refractivity contribution is 5.85. The van der Waals surface area contributed by atoms with Crippen LogP contribution in [0, 0.1) is 5.92 Å². The van der Waals surface area contributed by atoms with Crippen LogP contribution in [-0.4, -0.2) is 67.7 Å². The van der Waals surface area contributed by atoms with E-state index in [1.54, 1.807) is 0 Å². The van der Waals surface area contributed by atoms with E-state index in [1.807, 2.05) is 4.90 Å². The fourth-order valence-corrected chi connectivity index (χ4v) is 3.00. The molecule has 118 valence electrons. The maximum Gasteiger partial charge on any atom is 0.239 e. The number of morpholine rings is 1. The van der Waals surface area contributed by atoms with Gasteiger partial charge in [-0.2, -0.15) is 0 Å². The molecule has 0 bridgehead atoms. The van der Waals surface area contributed by atoms with E-state index in [0.717, 1.165) is 65.2 Å². The SMILES string of the molecule is CCCC(N)C(=O)N1CCC(CN2CCOCC2)C1.Cl. The lowest BCUT2D eigenvalue weighted by Crippen LogP contribution is -2.43. The van der Waals surface area contributed by atoms with Crippen molar-refractivity contribution >= 4 is 18.3 Å². The van der Waals surface area contributed by atoms with Crippen LogP contribution in [0.15, 0.2) is 0 Å². The molecule has 5 nitrogen and oxygen atoms in total. The molecule has 2 heterocycles. The average Bonchev–Trinajstić information content (AvgIpc) is 2.88. The van der Waals surface area contributed by atoms with Crippen molar-refractivity contribution in [2.24, 2.45) is 11.7 Å². The maximum atomic E-state index is 12.1. The van der Waals surface area contributed by atoms with Crippen molar-refractivity contribution in [3.63, 3.8) is 0 Å². The Morgan fingerprint density at radius 2 is 2.05 bits per heavy atom. The highest BCUT2D eigenvalue weighted by Gasteiger charge is 2.30. The number of carbonyl (C=O) groups excluding carboxylic acids is 1. The summed E-state index contributed by atoms with van der Waals surface area (Å²) in [6.07, 6.45) is 2.88. The van der Waals surface area contributed by atoms with Crippen LogP contribution in [0.25, 0.3) is 0 Å². The van der Waals surface area contributed by atoms with E-state index in [4.69, 9.17) is 10.5 Å². The van der Waals surface area contributed by atoms with Gasteiger partial charge in [-0.3, -0.25) is 9.69 Å². The molecule has 2 aliphatic rings. The number of carbonyl (C=O) groups is 1. The minimum atomic E-state index is -0.299. The van der Waals surface area contributed by atoms with Crippen LogP contribution in [0.2, 0.25) is 0 Å². The van der Waals surface area contributed by atoms with Crippen molar-refractivity contribution in [2.45, 2.75) is 32.2 Å². The number of ether oxygens (including phenoxy) is 1. The summed E-state index contributed by atoms with van der Waals surface area (Å²) in [6, 6.07) is -0.299. The number of halogens is 1. The average molecular weight is 306 g/mol. The van der Waals surface area contributed by atoms with Gasteiger partial charge in [-0.15, -0.1) is 12.4 Å². The fraction of sp³-hybridized carbons (Fsp3) is 0.929. The molecule has 2 fully saturated rings. The largest absolute Gasteiger partial charge is 0.379 e. The number of rotatable bonds is 5. The van der Waals surface area contributed by atoms with E-state index in [9.17, 15) is 4.79 Å². The molecular formula is C14H28ClN3O2. The Bertz CT molecular complexity index is 298. The molecule has 0 aromatic heterocycles. The topological polar surface area (TPSA) is 58.8 Å². The summed E-state index contributed by atoms with van der Waals surface area (Å²) in [6.45, 7) is 8.67. The molecule has 2 aliphatic heterocycles. The molecule has 0 aromatic carbocycles. The molecule has 0 aliphatic carbocycles. The lowest BCUT2D eigenvalue weighted by molar-refractivity contribution is -0.131. The minimum absolute atomic E-state index is 0. The standard InChI is InChI=1S/C14H27N3O2.ClH/c1-2-3-13(15)14(18)17-5-4-12(11-17)10-16-6-8-19-9-7-16;/h12-13H,2-11,15H2,1H3;1H. The smallest absolute Gasteiger partial charge is 0.239 e. The van der Waals surface area contributed by atoms with Crippen molar-refractivity contribution in [2.75, 3.05) is 45.9 Å². The Morgan fingerprint density at radius 1 is 1.35 bits per heavy atom. The molecule has 20 heavy (non-hydrogen) atoms. The van der Waals surface area contributed by atoms with E-state index in [-0.39, 0.29) is 24.4 Å². The zero-order valence-electron chi connectivity index (χ0n) is 12.4. The van der Waals surface area contributed by atoms with Crippen LogP contribution in [-0.2, 0) is 9.53 Å². The van der Waals surface area contributed by atoms with Crippen LogP contribution >= 0.6 is 12.4 Å². The van der Waals surface area contributed by atoms with Gasteiger partial charge in [0.2, 0.25) is 5.91 Å². The van der Waals surface area contributed by atoms with Crippen molar-refractivity contribution in [3.8, 4) is 0 Å². The predicted molar refractivity (Wildman–Crippen MR) is 82.1 cm³/mol. The van der Waals surface area contributed by atoms with Crippen molar-refractivity contribution in [3.05, 3.63) is 0 Å². The number of nitrogens with two attached hydrogens (primary N) is 1. The first-order valence-corrected chi connectivity index (χ1v) is 7.55. The Kier molecular flexibility index (Phi) is 7.80. The summed E-state index contributed by atoms with van der Waals surface area (Å²) >= 11 is 0. The summed E-state index contributed by atoms with van der Waals surface area (Å²) in [7, 11) is 0. The monoisotopic (exact) mass is 305 g/mol. The summed E-state index contributed by atoms with van der Waals surface area (Å²) in [5, 5.41) is 0. The van der Waals surface area contributed by atoms with Gasteiger partial charge in [0.05, 0.1) is 19.3 Å². The highest BCUT2D eigenvalue weighted by Crippen LogP contribution is 2.19. The quantitative estimate of drug-likeness (QED) is 0.813. The lowest BCUT2D eigenvalue weighted by Gasteiger charge is -2.29. The number of hydrogen-bond donors (Lipinski definition) is 1. The molecular weight excluding hydrogens is 278 g/mol. The van der Waals surface area contributed by atoms with Crippen LogP contribution in [0.5, 0.6) is 0 Å². The number of nitrogens with zero attached hydrogens (tertiary/aromatic N) is 2. The summed E-state index contributed by atoms with van der Waals surface area (Å²) < 4.78 is 5.36. The normalized spacial score (nSPS) is 25.3. The number of hydrogen-bond acceptors (Lipinski definition) is 4. The molecule has 2 unspecified atom stereocenters. The molecule has 2 saturated heterocycles. The van der Waals surface area contributed by atoms with Crippen molar-refractivity contribution < 1.29 is 9.53 Å². The van der Waals surface area contributed by atoms with Gasteiger partial charge in [0.15, 0.2) is 0 Å². The molecule has 0 spiro atoms. The van der Waals surface area contributed by atoms with Gasteiger partial charge < -0.3 is 15.4 Å². The van der Waals surface area contributed by atoms with E-state index >= 15 is 0 Å². The second-order valence-corrected chi connectivity index (χ2v) is 5.75. The fourth-order valence-electron chi connectivity index (χ4n) is 3.00. The molecule has 0 radical (unpaired) electrons. The van der Waals surface area contributed by atoms with Crippen molar-refractivity contribution in [1.82, 2.24) is 9.80 Å². The van der Waals surface area contributed by atoms with Gasteiger partial charge in [0, 0.05) is 32.7 Å². The molecule has 0 saturated carbocycles. The Balaban J connectivity index is 0.00000200. The summed E-state index contributed by atoms with van der Waals surface area (Å²) in [5.41, 5.74) is 5.92. The van der Waals surface area contributed by atoms with Crippen LogP contribution in [0.4, 0.5) is 0 Å². The third-order valence-corrected chi connectivity index (χ3v) is 4.13. The first-order valence-electron chi connectivity index (χ1n) is 7.55. The first kappa shape index (κ1) is 17.7. The Hall–Kier alpha value is -0.360. The van der Waals surface area contributed by atoms with E-state index in [2.05, 4.69) is 11.8 Å². The van der Waals surface area contributed by atoms with Crippen LogP contribution < -0.4 is 5.73 Å². The Morgan fingerprint density at radius 3 is 2.70 bits per heavy atom. The highest BCUT2D eigenvalue weighted by atomic mass is 35.5. The maximum absolute atomic E-state index is 12.1. The van der Waals surface area contributed by atoms with E-state index < -0.39 is 0 Å². The zero-order chi connectivity index (χ0) is 13.7. The predicted octanol–water partition coefficient (Wildman–Crippen LogP) is 0.716. The van der Waals surface area contributed by atoms with Gasteiger partial charge in [0.25, 0.3) is 0 Å². The second-order valence-electron chi connectivity index (χ2n) is 5.75. The summed E-state index contributed by atoms with van der Waals surface area (Å²) in [5.74, 6) is 0.752. The molecule has 1 amide bonds. The Labute approximate surface area is 128 Å². The molecule has 2 N–H and O–H groups in total. The third-order valence-electron chi connectivity index (χ3n) is 4.13. The van der Waals surface area contributed by atoms with Crippen LogP contribution in [0.3, 0.4) is 0 Å².